The first kappa shape index (κ1) is 28.6. The van der Waals surface area contributed by atoms with Crippen LogP contribution in [0.15, 0.2) is 12.4 Å². The summed E-state index contributed by atoms with van der Waals surface area (Å²) in [6.07, 6.45) is 7.10. The van der Waals surface area contributed by atoms with Gasteiger partial charge in [-0.1, -0.05) is 13.8 Å². The second-order valence-electron chi connectivity index (χ2n) is 8.36. The number of aryl methyl sites for hydroxylation is 1. The molecule has 188 valence electrons. The second-order valence-corrected chi connectivity index (χ2v) is 10.6. The Morgan fingerprint density at radius 2 is 1.82 bits per heavy atom. The van der Waals surface area contributed by atoms with Gasteiger partial charge >= 0.3 is 0 Å². The average Bonchev–Trinajstić information content (AvgIpc) is 3.38. The highest BCUT2D eigenvalue weighted by Crippen LogP contribution is 2.24. The third-order valence-corrected chi connectivity index (χ3v) is 7.51. The van der Waals surface area contributed by atoms with E-state index in [0.717, 1.165) is 51.1 Å². The molecule has 0 radical (unpaired) electrons. The molecule has 11 nitrogen and oxygen atoms in total. The molecule has 0 aromatic carbocycles. The molecule has 1 aromatic heterocycles. The zero-order valence-corrected chi connectivity index (χ0v) is 20.1. The number of carbonyl (C=O) groups is 3. The van der Waals surface area contributed by atoms with E-state index in [-0.39, 0.29) is 36.6 Å². The van der Waals surface area contributed by atoms with Crippen LogP contribution in [0.4, 0.5) is 0 Å². The molecule has 1 aromatic rings. The number of hydrogen-bond acceptors (Lipinski definition) is 7. The third-order valence-electron chi connectivity index (χ3n) is 5.76. The lowest BCUT2D eigenvalue weighted by Gasteiger charge is -2.34. The lowest BCUT2D eigenvalue weighted by atomic mass is 9.94. The molecule has 3 rings (SSSR count). The van der Waals surface area contributed by atoms with E-state index in [2.05, 4.69) is 33.6 Å². The SMILES string of the molecule is CC(C)c1nccn1CCCNC(=O)C1CCN(C2CCS(=O)(=O)C2)CC1.O=CO.O=CO. The molecule has 3 N–H and O–H groups in total. The van der Waals surface area contributed by atoms with Crippen molar-refractivity contribution in [3.63, 3.8) is 0 Å². The molecule has 1 amide bonds. The normalized spacial score (nSPS) is 20.2. The second kappa shape index (κ2) is 14.6. The summed E-state index contributed by atoms with van der Waals surface area (Å²) in [4.78, 5) is 35.8. The van der Waals surface area contributed by atoms with Crippen molar-refractivity contribution in [2.24, 2.45) is 5.92 Å². The Kier molecular flexibility index (Phi) is 12.7. The number of imidazole rings is 1. The Bertz CT molecular complexity index is 827. The Morgan fingerprint density at radius 3 is 2.33 bits per heavy atom. The first-order valence-electron chi connectivity index (χ1n) is 11.1. The number of carbonyl (C=O) groups excluding carboxylic acids is 1. The Hall–Kier alpha value is -2.47. The maximum absolute atomic E-state index is 12.4. The van der Waals surface area contributed by atoms with Crippen molar-refractivity contribution in [3.8, 4) is 0 Å². The molecular weight excluding hydrogens is 452 g/mol. The van der Waals surface area contributed by atoms with Crippen LogP contribution < -0.4 is 5.32 Å². The first-order valence-corrected chi connectivity index (χ1v) is 12.9. The number of rotatable bonds is 7. The summed E-state index contributed by atoms with van der Waals surface area (Å²) in [5.41, 5.74) is 0. The van der Waals surface area contributed by atoms with Gasteiger partial charge in [0.15, 0.2) is 9.84 Å². The average molecular weight is 489 g/mol. The molecule has 12 heteroatoms. The minimum atomic E-state index is -2.84. The van der Waals surface area contributed by atoms with Gasteiger partial charge < -0.3 is 20.1 Å². The smallest absolute Gasteiger partial charge is 0.290 e. The summed E-state index contributed by atoms with van der Waals surface area (Å²) in [5, 5.41) is 16.9. The fourth-order valence-corrected chi connectivity index (χ4v) is 5.97. The van der Waals surface area contributed by atoms with Crippen molar-refractivity contribution in [1.82, 2.24) is 19.8 Å². The molecule has 2 aliphatic heterocycles. The van der Waals surface area contributed by atoms with Crippen LogP contribution in [0.25, 0.3) is 0 Å². The van der Waals surface area contributed by atoms with Crippen molar-refractivity contribution >= 4 is 28.7 Å². The van der Waals surface area contributed by atoms with Crippen LogP contribution in [-0.2, 0) is 30.8 Å². The van der Waals surface area contributed by atoms with Gasteiger partial charge in [0.2, 0.25) is 5.91 Å². The molecule has 1 atom stereocenters. The van der Waals surface area contributed by atoms with Gasteiger partial charge in [0, 0.05) is 43.4 Å². The molecule has 3 heterocycles. The zero-order chi connectivity index (χ0) is 24.9. The third kappa shape index (κ3) is 9.91. The van der Waals surface area contributed by atoms with Crippen molar-refractivity contribution in [3.05, 3.63) is 18.2 Å². The minimum absolute atomic E-state index is 0.0544. The molecule has 0 bridgehead atoms. The van der Waals surface area contributed by atoms with Gasteiger partial charge in [-0.3, -0.25) is 19.3 Å². The minimum Gasteiger partial charge on any atom is -0.483 e. The van der Waals surface area contributed by atoms with Crippen LogP contribution in [0.2, 0.25) is 0 Å². The predicted molar refractivity (Wildman–Crippen MR) is 123 cm³/mol. The van der Waals surface area contributed by atoms with Crippen LogP contribution in [0.3, 0.4) is 0 Å². The highest BCUT2D eigenvalue weighted by Gasteiger charge is 2.35. The van der Waals surface area contributed by atoms with E-state index in [1.807, 2.05) is 12.4 Å². The van der Waals surface area contributed by atoms with Crippen LogP contribution in [0.1, 0.15) is 51.3 Å². The summed E-state index contributed by atoms with van der Waals surface area (Å²) >= 11 is 0. The summed E-state index contributed by atoms with van der Waals surface area (Å²) in [5.74, 6) is 2.28. The molecule has 2 aliphatic rings. The molecular formula is C21H36N4O7S. The standard InChI is InChI=1S/C19H32N4O3S.2CH2O2/c1-15(2)18-20-8-12-23(18)9-3-7-21-19(24)16-4-10-22(11-5-16)17-6-13-27(25,26)14-17;2*2-1-3/h8,12,15-17H,3-7,9-11,13-14H2,1-2H3,(H,21,24);2*1H,(H,2,3). The quantitative estimate of drug-likeness (QED) is 0.373. The lowest BCUT2D eigenvalue weighted by Crippen LogP contribution is -2.45. The summed E-state index contributed by atoms with van der Waals surface area (Å²) in [6, 6.07) is 0.157. The first-order chi connectivity index (χ1) is 15.7. The zero-order valence-electron chi connectivity index (χ0n) is 19.3. The van der Waals surface area contributed by atoms with E-state index in [4.69, 9.17) is 19.8 Å². The number of nitrogens with zero attached hydrogens (tertiary/aromatic N) is 3. The number of piperidine rings is 1. The van der Waals surface area contributed by atoms with E-state index in [1.54, 1.807) is 0 Å². The van der Waals surface area contributed by atoms with Gasteiger partial charge in [0.25, 0.3) is 12.9 Å². The Morgan fingerprint density at radius 1 is 1.21 bits per heavy atom. The van der Waals surface area contributed by atoms with Crippen molar-refractivity contribution in [2.45, 2.75) is 58.0 Å². The molecule has 1 unspecified atom stereocenters. The fraction of sp³-hybridized carbons (Fsp3) is 0.714. The van der Waals surface area contributed by atoms with E-state index in [9.17, 15) is 13.2 Å². The topological polar surface area (TPSA) is 159 Å². The Balaban J connectivity index is 0.000000819. The van der Waals surface area contributed by atoms with Gasteiger partial charge in [0.05, 0.1) is 11.5 Å². The maximum atomic E-state index is 12.4. The van der Waals surface area contributed by atoms with Crippen LogP contribution in [0, 0.1) is 5.92 Å². The number of carboxylic acid groups (broad SMARTS) is 2. The number of hydrogen-bond donors (Lipinski definition) is 3. The summed E-state index contributed by atoms with van der Waals surface area (Å²) < 4.78 is 25.5. The monoisotopic (exact) mass is 488 g/mol. The van der Waals surface area contributed by atoms with E-state index in [1.165, 1.54) is 0 Å². The van der Waals surface area contributed by atoms with Crippen molar-refractivity contribution < 1.29 is 33.0 Å². The van der Waals surface area contributed by atoms with Crippen molar-refractivity contribution in [2.75, 3.05) is 31.1 Å². The molecule has 0 saturated carbocycles. The van der Waals surface area contributed by atoms with Gasteiger partial charge in [-0.2, -0.15) is 0 Å². The van der Waals surface area contributed by atoms with Crippen LogP contribution >= 0.6 is 0 Å². The van der Waals surface area contributed by atoms with Gasteiger partial charge in [-0.05, 0) is 38.8 Å². The van der Waals surface area contributed by atoms with E-state index < -0.39 is 9.84 Å². The summed E-state index contributed by atoms with van der Waals surface area (Å²) in [6.45, 7) is 6.95. The van der Waals surface area contributed by atoms with Crippen LogP contribution in [-0.4, -0.2) is 89.1 Å². The molecule has 33 heavy (non-hydrogen) atoms. The predicted octanol–water partition coefficient (Wildman–Crippen LogP) is 0.814. The fourth-order valence-electron chi connectivity index (χ4n) is 4.21. The van der Waals surface area contributed by atoms with Crippen LogP contribution in [0.5, 0.6) is 0 Å². The largest absolute Gasteiger partial charge is 0.483 e. The van der Waals surface area contributed by atoms with Gasteiger partial charge in [-0.25, -0.2) is 13.4 Å². The maximum Gasteiger partial charge on any atom is 0.290 e. The molecule has 0 spiro atoms. The molecule has 2 fully saturated rings. The number of nitrogens with one attached hydrogen (secondary N) is 1. The lowest BCUT2D eigenvalue weighted by molar-refractivity contribution is -0.126. The van der Waals surface area contributed by atoms with Crippen molar-refractivity contribution in [1.29, 1.82) is 0 Å². The van der Waals surface area contributed by atoms with E-state index >= 15 is 0 Å². The highest BCUT2D eigenvalue weighted by molar-refractivity contribution is 7.91. The highest BCUT2D eigenvalue weighted by atomic mass is 32.2. The number of amides is 1. The van der Waals surface area contributed by atoms with Gasteiger partial charge in [0.1, 0.15) is 5.82 Å². The molecule has 0 aliphatic carbocycles. The Labute approximate surface area is 195 Å². The molecule has 2 saturated heterocycles. The number of sulfone groups is 1. The number of aromatic nitrogens is 2. The summed E-state index contributed by atoms with van der Waals surface area (Å²) in [7, 11) is -2.84. The van der Waals surface area contributed by atoms with Gasteiger partial charge in [-0.15, -0.1) is 0 Å². The number of likely N-dealkylation sites (tertiary alicyclic amines) is 1. The van der Waals surface area contributed by atoms with E-state index in [0.29, 0.717) is 18.2 Å².